The molecule has 1 unspecified atom stereocenters. The van der Waals surface area contributed by atoms with Crippen LogP contribution in [0.5, 0.6) is 0 Å². The van der Waals surface area contributed by atoms with Crippen LogP contribution in [0.4, 0.5) is 0 Å². The molecule has 0 N–H and O–H groups in total. The molecule has 0 heterocycles. The second-order valence-electron chi connectivity index (χ2n) is 3.99. The molecule has 0 heteroatoms. The van der Waals surface area contributed by atoms with Crippen LogP contribution in [0.1, 0.15) is 58.8 Å². The minimum atomic E-state index is 0.703. The van der Waals surface area contributed by atoms with Gasteiger partial charge in [-0.25, -0.2) is 0 Å². The maximum atomic E-state index is 3.90. The zero-order valence-corrected chi connectivity index (χ0v) is 9.97. The molecule has 0 aliphatic carbocycles. The van der Waals surface area contributed by atoms with Crippen LogP contribution in [0.15, 0.2) is 24.8 Å². The Kier molecular flexibility index (Phi) is 10.2. The van der Waals surface area contributed by atoms with Crippen molar-refractivity contribution in [3.8, 4) is 0 Å². The van der Waals surface area contributed by atoms with Crippen molar-refractivity contribution in [1.82, 2.24) is 0 Å². The number of hydrogen-bond acceptors (Lipinski definition) is 0. The summed E-state index contributed by atoms with van der Waals surface area (Å²) >= 11 is 0. The highest BCUT2D eigenvalue weighted by atomic mass is 14.1. The third-order valence-corrected chi connectivity index (χ3v) is 2.57. The van der Waals surface area contributed by atoms with E-state index in [-0.39, 0.29) is 0 Å². The average molecular weight is 194 g/mol. The van der Waals surface area contributed by atoms with Crippen molar-refractivity contribution >= 4 is 0 Å². The van der Waals surface area contributed by atoms with Crippen molar-refractivity contribution in [2.24, 2.45) is 5.92 Å². The van der Waals surface area contributed by atoms with Crippen molar-refractivity contribution < 1.29 is 0 Å². The van der Waals surface area contributed by atoms with Crippen molar-refractivity contribution in [2.45, 2.75) is 58.8 Å². The van der Waals surface area contributed by atoms with E-state index < -0.39 is 0 Å². The van der Waals surface area contributed by atoms with E-state index in [0.29, 0.717) is 5.92 Å². The predicted molar refractivity (Wildman–Crippen MR) is 66.5 cm³/mol. The van der Waals surface area contributed by atoms with Crippen molar-refractivity contribution in [3.05, 3.63) is 24.8 Å². The molecule has 0 bridgehead atoms. The van der Waals surface area contributed by atoms with E-state index in [4.69, 9.17) is 0 Å². The molecule has 0 radical (unpaired) electrons. The third kappa shape index (κ3) is 8.10. The number of hydrogen-bond donors (Lipinski definition) is 0. The van der Waals surface area contributed by atoms with Crippen LogP contribution < -0.4 is 0 Å². The summed E-state index contributed by atoms with van der Waals surface area (Å²) in [7, 11) is 0. The van der Waals surface area contributed by atoms with E-state index in [1.54, 1.807) is 0 Å². The highest BCUT2D eigenvalue weighted by molar-refractivity contribution is 4.89. The Morgan fingerprint density at radius 1 is 1.07 bits per heavy atom. The van der Waals surface area contributed by atoms with Crippen molar-refractivity contribution in [1.29, 1.82) is 0 Å². The van der Waals surface area contributed by atoms with Gasteiger partial charge in [0, 0.05) is 0 Å². The minimum Gasteiger partial charge on any atom is -0.103 e. The highest BCUT2D eigenvalue weighted by Gasteiger charge is 2.00. The van der Waals surface area contributed by atoms with Gasteiger partial charge in [0.05, 0.1) is 0 Å². The SMILES string of the molecule is C=CC(CC=CCCC)CCCCC. The second-order valence-corrected chi connectivity index (χ2v) is 3.99. The summed E-state index contributed by atoms with van der Waals surface area (Å²) in [4.78, 5) is 0. The molecule has 0 spiro atoms. The largest absolute Gasteiger partial charge is 0.103 e. The van der Waals surface area contributed by atoms with E-state index in [0.717, 1.165) is 0 Å². The lowest BCUT2D eigenvalue weighted by atomic mass is 9.97. The third-order valence-electron chi connectivity index (χ3n) is 2.57. The maximum Gasteiger partial charge on any atom is -0.0202 e. The molecule has 82 valence electrons. The normalized spacial score (nSPS) is 13.3. The fourth-order valence-electron chi connectivity index (χ4n) is 1.54. The molecule has 0 saturated heterocycles. The van der Waals surface area contributed by atoms with Gasteiger partial charge in [-0.15, -0.1) is 6.58 Å². The lowest BCUT2D eigenvalue weighted by Gasteiger charge is -2.08. The standard InChI is InChI=1S/C14H26/c1-4-7-9-11-13-14(6-3)12-10-8-5-2/h6,9,11,14H,3-5,7-8,10,12-13H2,1-2H3. The van der Waals surface area contributed by atoms with Gasteiger partial charge in [-0.3, -0.25) is 0 Å². The summed E-state index contributed by atoms with van der Waals surface area (Å²) in [6.07, 6.45) is 15.8. The molecule has 0 nitrogen and oxygen atoms in total. The van der Waals surface area contributed by atoms with E-state index in [9.17, 15) is 0 Å². The maximum absolute atomic E-state index is 3.90. The molecule has 0 amide bonds. The van der Waals surface area contributed by atoms with Gasteiger partial charge < -0.3 is 0 Å². The predicted octanol–water partition coefficient (Wildman–Crippen LogP) is 5.12. The molecule has 0 fully saturated rings. The van der Waals surface area contributed by atoms with Gasteiger partial charge in [-0.2, -0.15) is 0 Å². The van der Waals surface area contributed by atoms with E-state index >= 15 is 0 Å². The summed E-state index contributed by atoms with van der Waals surface area (Å²) in [5.74, 6) is 0.703. The van der Waals surface area contributed by atoms with Gasteiger partial charge in [0.2, 0.25) is 0 Å². The molecule has 0 aromatic rings. The van der Waals surface area contributed by atoms with Crippen LogP contribution in [-0.2, 0) is 0 Å². The zero-order valence-electron chi connectivity index (χ0n) is 9.97. The van der Waals surface area contributed by atoms with Crippen LogP contribution >= 0.6 is 0 Å². The van der Waals surface area contributed by atoms with E-state index in [1.807, 2.05) is 0 Å². The van der Waals surface area contributed by atoms with Gasteiger partial charge >= 0.3 is 0 Å². The molecule has 0 saturated carbocycles. The van der Waals surface area contributed by atoms with Crippen LogP contribution in [0.2, 0.25) is 0 Å². The first-order valence-corrected chi connectivity index (χ1v) is 6.12. The van der Waals surface area contributed by atoms with Gasteiger partial charge in [-0.05, 0) is 25.2 Å². The number of unbranched alkanes of at least 4 members (excludes halogenated alkanes) is 3. The van der Waals surface area contributed by atoms with Crippen molar-refractivity contribution in [2.75, 3.05) is 0 Å². The van der Waals surface area contributed by atoms with Crippen molar-refractivity contribution in [3.63, 3.8) is 0 Å². The van der Waals surface area contributed by atoms with Crippen LogP contribution in [0, 0.1) is 5.92 Å². The molecule has 0 aromatic heterocycles. The summed E-state index contributed by atoms with van der Waals surface area (Å²) < 4.78 is 0. The average Bonchev–Trinajstić information content (AvgIpc) is 2.22. The first-order valence-electron chi connectivity index (χ1n) is 6.12. The Morgan fingerprint density at radius 2 is 1.86 bits per heavy atom. The summed E-state index contributed by atoms with van der Waals surface area (Å²) in [6, 6.07) is 0. The molecule has 0 rings (SSSR count). The quantitative estimate of drug-likeness (QED) is 0.353. The fraction of sp³-hybridized carbons (Fsp3) is 0.714. The summed E-state index contributed by atoms with van der Waals surface area (Å²) in [5.41, 5.74) is 0. The molecule has 0 aliphatic heterocycles. The number of rotatable bonds is 9. The van der Waals surface area contributed by atoms with Crippen LogP contribution in [0.3, 0.4) is 0 Å². The molecule has 1 atom stereocenters. The second kappa shape index (κ2) is 10.6. The van der Waals surface area contributed by atoms with E-state index in [2.05, 4.69) is 38.7 Å². The molecular weight excluding hydrogens is 168 g/mol. The Bertz CT molecular complexity index is 144. The lowest BCUT2D eigenvalue weighted by Crippen LogP contribution is -1.94. The van der Waals surface area contributed by atoms with Gasteiger partial charge in [0.1, 0.15) is 0 Å². The topological polar surface area (TPSA) is 0 Å². The Labute approximate surface area is 90.1 Å². The van der Waals surface area contributed by atoms with Crippen LogP contribution in [-0.4, -0.2) is 0 Å². The molecule has 0 aromatic carbocycles. The monoisotopic (exact) mass is 194 g/mol. The highest BCUT2D eigenvalue weighted by Crippen LogP contribution is 2.15. The van der Waals surface area contributed by atoms with E-state index in [1.165, 1.54) is 44.9 Å². The zero-order chi connectivity index (χ0) is 10.6. The fourth-order valence-corrected chi connectivity index (χ4v) is 1.54. The smallest absolute Gasteiger partial charge is 0.0202 e. The summed E-state index contributed by atoms with van der Waals surface area (Å²) in [5, 5.41) is 0. The Hall–Kier alpha value is -0.520. The van der Waals surface area contributed by atoms with Gasteiger partial charge in [-0.1, -0.05) is 57.8 Å². The Morgan fingerprint density at radius 3 is 2.43 bits per heavy atom. The van der Waals surface area contributed by atoms with Crippen LogP contribution in [0.25, 0.3) is 0 Å². The van der Waals surface area contributed by atoms with Gasteiger partial charge in [0.15, 0.2) is 0 Å². The first-order chi connectivity index (χ1) is 6.85. The molecule has 14 heavy (non-hydrogen) atoms. The molecular formula is C14H26. The Balaban J connectivity index is 3.52. The lowest BCUT2D eigenvalue weighted by molar-refractivity contribution is 0.545. The van der Waals surface area contributed by atoms with Gasteiger partial charge in [0.25, 0.3) is 0 Å². The minimum absolute atomic E-state index is 0.703. The number of allylic oxidation sites excluding steroid dienone is 3. The summed E-state index contributed by atoms with van der Waals surface area (Å²) in [6.45, 7) is 8.38. The first kappa shape index (κ1) is 13.5. The molecule has 0 aliphatic rings.